The van der Waals surface area contributed by atoms with Gasteiger partial charge < -0.3 is 0 Å². The molecule has 144 valence electrons. The Morgan fingerprint density at radius 3 is 2.46 bits per heavy atom. The predicted octanol–water partition coefficient (Wildman–Crippen LogP) is 3.96. The van der Waals surface area contributed by atoms with Gasteiger partial charge in [-0.1, -0.05) is 29.8 Å². The molecule has 6 nitrogen and oxygen atoms in total. The lowest BCUT2D eigenvalue weighted by molar-refractivity contribution is -0.138. The Labute approximate surface area is 161 Å². The fraction of sp³-hybridized carbons (Fsp3) is 0.111. The molecule has 1 saturated heterocycles. The third kappa shape index (κ3) is 3.89. The minimum atomic E-state index is -4.66. The van der Waals surface area contributed by atoms with Gasteiger partial charge in [-0.05, 0) is 30.3 Å². The summed E-state index contributed by atoms with van der Waals surface area (Å²) in [5.41, 5.74) is -1.07. The first-order valence-electron chi connectivity index (χ1n) is 7.83. The highest BCUT2D eigenvalue weighted by Gasteiger charge is 2.41. The minimum Gasteiger partial charge on any atom is -0.276 e. The molecule has 0 unspecified atom stereocenters. The first-order chi connectivity index (χ1) is 13.2. The second-order valence-electron chi connectivity index (χ2n) is 5.72. The van der Waals surface area contributed by atoms with Crippen molar-refractivity contribution >= 4 is 47.0 Å². The van der Waals surface area contributed by atoms with Gasteiger partial charge in [0.2, 0.25) is 5.91 Å². The van der Waals surface area contributed by atoms with Crippen molar-refractivity contribution in [2.75, 3.05) is 4.90 Å². The van der Waals surface area contributed by atoms with Gasteiger partial charge in [0.25, 0.3) is 5.91 Å². The van der Waals surface area contributed by atoms with E-state index < -0.39 is 35.5 Å². The van der Waals surface area contributed by atoms with E-state index in [4.69, 9.17) is 11.6 Å². The number of hydrogen-bond donors (Lipinski definition) is 1. The Morgan fingerprint density at radius 1 is 1.07 bits per heavy atom. The number of rotatable bonds is 3. The lowest BCUT2D eigenvalue weighted by Crippen LogP contribution is -2.58. The molecule has 28 heavy (non-hydrogen) atoms. The maximum Gasteiger partial charge on any atom is 0.416 e. The topological polar surface area (TPSA) is 78.8 Å². The molecular weight excluding hydrogens is 399 g/mol. The molecule has 0 spiro atoms. The largest absolute Gasteiger partial charge is 0.416 e. The SMILES string of the molecule is O=C1NC(=O)N(c2cccc(C(F)(F)F)c2)C(=O)[C@H]1C=Nc1ccccc1Cl. The van der Waals surface area contributed by atoms with Crippen molar-refractivity contribution in [3.05, 3.63) is 59.1 Å². The molecule has 0 aromatic heterocycles. The van der Waals surface area contributed by atoms with Gasteiger partial charge in [-0.2, -0.15) is 13.2 Å². The van der Waals surface area contributed by atoms with Gasteiger partial charge in [-0.15, -0.1) is 0 Å². The maximum atomic E-state index is 12.9. The fourth-order valence-corrected chi connectivity index (χ4v) is 2.68. The van der Waals surface area contributed by atoms with E-state index in [1.807, 2.05) is 5.32 Å². The zero-order valence-electron chi connectivity index (χ0n) is 13.9. The minimum absolute atomic E-state index is 0.272. The number of carbonyl (C=O) groups excluding carboxylic acids is 3. The third-order valence-corrected chi connectivity index (χ3v) is 4.17. The number of carbonyl (C=O) groups is 3. The summed E-state index contributed by atoms with van der Waals surface area (Å²) >= 11 is 5.95. The average Bonchev–Trinajstić information content (AvgIpc) is 2.62. The molecule has 2 aromatic rings. The maximum absolute atomic E-state index is 12.9. The molecule has 0 aliphatic carbocycles. The number of anilines is 1. The quantitative estimate of drug-likeness (QED) is 0.615. The van der Waals surface area contributed by atoms with Crippen LogP contribution in [0.4, 0.5) is 29.3 Å². The Hall–Kier alpha value is -3.20. The summed E-state index contributed by atoms with van der Waals surface area (Å²) in [5, 5.41) is 2.21. The van der Waals surface area contributed by atoms with Crippen molar-refractivity contribution in [2.45, 2.75) is 6.18 Å². The van der Waals surface area contributed by atoms with E-state index >= 15 is 0 Å². The normalized spacial score (nSPS) is 17.9. The van der Waals surface area contributed by atoms with E-state index in [0.717, 1.165) is 24.4 Å². The lowest BCUT2D eigenvalue weighted by Gasteiger charge is -2.28. The molecule has 3 rings (SSSR count). The van der Waals surface area contributed by atoms with Gasteiger partial charge in [0.15, 0.2) is 5.92 Å². The summed E-state index contributed by atoms with van der Waals surface area (Å²) in [6.07, 6.45) is -3.67. The molecule has 1 fully saturated rings. The molecule has 1 N–H and O–H groups in total. The number of alkyl halides is 3. The Kier molecular flexibility index (Phi) is 5.19. The third-order valence-electron chi connectivity index (χ3n) is 3.85. The number of hydrogen-bond acceptors (Lipinski definition) is 4. The van der Waals surface area contributed by atoms with Crippen LogP contribution in [0.1, 0.15) is 5.56 Å². The molecule has 2 aromatic carbocycles. The summed E-state index contributed by atoms with van der Waals surface area (Å²) in [6.45, 7) is 0. The van der Waals surface area contributed by atoms with Crippen LogP contribution in [0.2, 0.25) is 5.02 Å². The molecular formula is C18H11ClF3N3O3. The number of amides is 4. The first-order valence-corrected chi connectivity index (χ1v) is 8.21. The summed E-state index contributed by atoms with van der Waals surface area (Å²) in [7, 11) is 0. The molecule has 1 aliphatic heterocycles. The molecule has 0 bridgehead atoms. The van der Waals surface area contributed by atoms with Crippen molar-refractivity contribution < 1.29 is 27.6 Å². The monoisotopic (exact) mass is 409 g/mol. The molecule has 4 amide bonds. The Bertz CT molecular complexity index is 991. The molecule has 10 heteroatoms. The fourth-order valence-electron chi connectivity index (χ4n) is 2.50. The van der Waals surface area contributed by atoms with Crippen molar-refractivity contribution in [3.8, 4) is 0 Å². The van der Waals surface area contributed by atoms with Crippen molar-refractivity contribution in [3.63, 3.8) is 0 Å². The van der Waals surface area contributed by atoms with E-state index in [0.29, 0.717) is 11.0 Å². The zero-order chi connectivity index (χ0) is 20.5. The van der Waals surface area contributed by atoms with Gasteiger partial charge in [0.1, 0.15) is 0 Å². The van der Waals surface area contributed by atoms with Crippen LogP contribution in [0, 0.1) is 5.92 Å². The van der Waals surface area contributed by atoms with Crippen LogP contribution in [0.5, 0.6) is 0 Å². The van der Waals surface area contributed by atoms with E-state index in [2.05, 4.69) is 4.99 Å². The van der Waals surface area contributed by atoms with Crippen LogP contribution in [-0.2, 0) is 15.8 Å². The number of aliphatic imine (C=N–C) groups is 1. The number of para-hydroxylation sites is 1. The number of benzene rings is 2. The van der Waals surface area contributed by atoms with Gasteiger partial charge in [0, 0.05) is 6.21 Å². The van der Waals surface area contributed by atoms with E-state index in [-0.39, 0.29) is 16.4 Å². The smallest absolute Gasteiger partial charge is 0.276 e. The van der Waals surface area contributed by atoms with Crippen molar-refractivity contribution in [1.29, 1.82) is 0 Å². The highest BCUT2D eigenvalue weighted by atomic mass is 35.5. The summed E-state index contributed by atoms with van der Waals surface area (Å²) in [6, 6.07) is 8.92. The number of nitrogens with zero attached hydrogens (tertiary/aromatic N) is 2. The van der Waals surface area contributed by atoms with Gasteiger partial charge in [-0.25, -0.2) is 9.69 Å². The van der Waals surface area contributed by atoms with Gasteiger partial charge in [-0.3, -0.25) is 19.9 Å². The van der Waals surface area contributed by atoms with Gasteiger partial charge in [0.05, 0.1) is 22.0 Å². The van der Waals surface area contributed by atoms with Crippen LogP contribution in [-0.4, -0.2) is 24.1 Å². The lowest BCUT2D eigenvalue weighted by atomic mass is 10.1. The molecule has 0 saturated carbocycles. The van der Waals surface area contributed by atoms with Crippen LogP contribution in [0.15, 0.2) is 53.5 Å². The highest BCUT2D eigenvalue weighted by molar-refractivity contribution is 6.34. The average molecular weight is 410 g/mol. The Balaban J connectivity index is 1.94. The predicted molar refractivity (Wildman–Crippen MR) is 95.6 cm³/mol. The van der Waals surface area contributed by atoms with Crippen LogP contribution < -0.4 is 10.2 Å². The van der Waals surface area contributed by atoms with Crippen molar-refractivity contribution in [1.82, 2.24) is 5.32 Å². The summed E-state index contributed by atoms with van der Waals surface area (Å²) in [4.78, 5) is 41.2. The van der Waals surface area contributed by atoms with Crippen LogP contribution >= 0.6 is 11.6 Å². The van der Waals surface area contributed by atoms with Crippen LogP contribution in [0.3, 0.4) is 0 Å². The highest BCUT2D eigenvalue weighted by Crippen LogP contribution is 2.32. The number of halogens is 4. The standard InChI is InChI=1S/C18H11ClF3N3O3/c19-13-6-1-2-7-14(13)23-9-12-15(26)24-17(28)25(16(12)27)11-5-3-4-10(8-11)18(20,21)22/h1-9,12H,(H,24,26,28)/t12-/m0/s1. The van der Waals surface area contributed by atoms with E-state index in [1.54, 1.807) is 24.3 Å². The second kappa shape index (κ2) is 7.43. The molecule has 0 radical (unpaired) electrons. The second-order valence-corrected chi connectivity index (χ2v) is 6.13. The van der Waals surface area contributed by atoms with E-state index in [9.17, 15) is 27.6 Å². The summed E-state index contributed by atoms with van der Waals surface area (Å²) in [5.74, 6) is -3.47. The van der Waals surface area contributed by atoms with Crippen molar-refractivity contribution in [2.24, 2.45) is 10.9 Å². The van der Waals surface area contributed by atoms with E-state index in [1.165, 1.54) is 0 Å². The number of nitrogens with one attached hydrogen (secondary N) is 1. The van der Waals surface area contributed by atoms with Crippen LogP contribution in [0.25, 0.3) is 0 Å². The summed E-state index contributed by atoms with van der Waals surface area (Å²) < 4.78 is 38.8. The molecule has 1 atom stereocenters. The zero-order valence-corrected chi connectivity index (χ0v) is 14.7. The number of barbiturate groups is 1. The number of imide groups is 2. The molecule has 1 aliphatic rings. The first kappa shape index (κ1) is 19.6. The Morgan fingerprint density at radius 2 is 1.79 bits per heavy atom. The van der Waals surface area contributed by atoms with Gasteiger partial charge >= 0.3 is 12.2 Å². The number of urea groups is 1. The molecule has 1 heterocycles.